The van der Waals surface area contributed by atoms with Gasteiger partial charge in [-0.15, -0.1) is 11.3 Å². The van der Waals surface area contributed by atoms with Crippen molar-refractivity contribution >= 4 is 45.7 Å². The number of rotatable bonds is 6. The molecular weight excluding hydrogens is 490 g/mol. The van der Waals surface area contributed by atoms with Crippen LogP contribution in [0.4, 0.5) is 19.5 Å². The van der Waals surface area contributed by atoms with Gasteiger partial charge in [-0.2, -0.15) is 8.78 Å². The fourth-order valence-electron chi connectivity index (χ4n) is 4.23. The first-order valence-corrected chi connectivity index (χ1v) is 12.6. The molecule has 0 saturated heterocycles. The minimum absolute atomic E-state index is 0.0833. The van der Waals surface area contributed by atoms with E-state index in [2.05, 4.69) is 35.8 Å². The molecule has 184 valence electrons. The number of thiophene rings is 1. The topological polar surface area (TPSA) is 50.7 Å². The Kier molecular flexibility index (Phi) is 7.57. The Balaban J connectivity index is 1.64. The van der Waals surface area contributed by atoms with E-state index in [4.69, 9.17) is 11.6 Å². The number of nitrogens with zero attached hydrogens (tertiary/aromatic N) is 1. The van der Waals surface area contributed by atoms with Crippen LogP contribution in [0.3, 0.4) is 0 Å². The Labute approximate surface area is 213 Å². The minimum Gasteiger partial charge on any atom is -0.435 e. The van der Waals surface area contributed by atoms with Gasteiger partial charge in [-0.25, -0.2) is 4.99 Å². The van der Waals surface area contributed by atoms with Crippen molar-refractivity contribution in [3.05, 3.63) is 75.1 Å². The van der Waals surface area contributed by atoms with Crippen molar-refractivity contribution in [2.24, 2.45) is 16.3 Å². The van der Waals surface area contributed by atoms with Crippen LogP contribution in [0.15, 0.2) is 53.5 Å². The van der Waals surface area contributed by atoms with E-state index < -0.39 is 6.61 Å². The summed E-state index contributed by atoms with van der Waals surface area (Å²) >= 11 is 7.53. The summed E-state index contributed by atoms with van der Waals surface area (Å²) < 4.78 is 29.2. The van der Waals surface area contributed by atoms with Crippen LogP contribution in [0.5, 0.6) is 5.75 Å². The van der Waals surface area contributed by atoms with Gasteiger partial charge >= 0.3 is 6.61 Å². The van der Waals surface area contributed by atoms with Gasteiger partial charge in [0.1, 0.15) is 10.8 Å². The lowest BCUT2D eigenvalue weighted by Gasteiger charge is -2.33. The number of hydrogen-bond acceptors (Lipinski definition) is 4. The molecule has 1 atom stereocenters. The average molecular weight is 517 g/mol. The van der Waals surface area contributed by atoms with Gasteiger partial charge in [-0.1, -0.05) is 32.4 Å². The third kappa shape index (κ3) is 6.27. The summed E-state index contributed by atoms with van der Waals surface area (Å²) in [6.45, 7) is 3.89. The van der Waals surface area contributed by atoms with Crippen molar-refractivity contribution in [2.75, 3.05) is 5.32 Å². The van der Waals surface area contributed by atoms with Crippen LogP contribution in [0.1, 0.15) is 53.6 Å². The molecule has 1 amide bonds. The number of alkyl halides is 2. The highest BCUT2D eigenvalue weighted by Crippen LogP contribution is 2.45. The number of benzene rings is 2. The zero-order valence-electron chi connectivity index (χ0n) is 19.8. The number of halogens is 3. The van der Waals surface area contributed by atoms with Crippen molar-refractivity contribution in [1.29, 1.82) is 0 Å². The van der Waals surface area contributed by atoms with Gasteiger partial charge in [0.2, 0.25) is 0 Å². The number of carbonyl (C=O) groups is 1. The number of nitrogens with one attached hydrogen (secondary N) is 1. The smallest absolute Gasteiger partial charge is 0.387 e. The molecule has 3 aromatic rings. The maximum Gasteiger partial charge on any atom is 0.387 e. The summed E-state index contributed by atoms with van der Waals surface area (Å²) in [6.07, 6.45) is 4.40. The van der Waals surface area contributed by atoms with Crippen LogP contribution in [-0.4, -0.2) is 18.7 Å². The molecule has 0 saturated carbocycles. The summed E-state index contributed by atoms with van der Waals surface area (Å²) in [5.74, 6) is 0.409. The predicted molar refractivity (Wildman–Crippen MR) is 139 cm³/mol. The molecule has 4 nitrogen and oxygen atoms in total. The molecule has 1 aliphatic rings. The largest absolute Gasteiger partial charge is 0.435 e. The van der Waals surface area contributed by atoms with Gasteiger partial charge in [0, 0.05) is 21.8 Å². The molecule has 1 heterocycles. The van der Waals surface area contributed by atoms with Gasteiger partial charge in [0.25, 0.3) is 5.91 Å². The SMILES string of the molecule is CC(C)(C)[C@@H]1CCc2c(sc(N=Cc3ccc(OC(F)F)cc3)c2C(=O)Nc2ccc(Cl)cc2)C1. The fraction of sp³-hybridized carbons (Fsp3) is 0.333. The maximum absolute atomic E-state index is 13.4. The molecule has 0 bridgehead atoms. The lowest BCUT2D eigenvalue weighted by Crippen LogP contribution is -2.27. The number of anilines is 1. The van der Waals surface area contributed by atoms with Gasteiger partial charge in [-0.05, 0) is 90.3 Å². The summed E-state index contributed by atoms with van der Waals surface area (Å²) in [5, 5.41) is 4.21. The van der Waals surface area contributed by atoms with E-state index in [1.165, 1.54) is 17.0 Å². The molecular formula is C27H27ClF2N2O2S. The van der Waals surface area contributed by atoms with E-state index in [1.54, 1.807) is 53.9 Å². The third-order valence-corrected chi connectivity index (χ3v) is 7.65. The standard InChI is InChI=1S/C27H27ClF2N2O2S/c1-27(2,3)17-6-13-21-22(14-17)35-25(23(21)24(33)32-19-9-7-18(28)8-10-19)31-15-16-4-11-20(12-5-16)34-26(29)30/h4-5,7-12,15,17,26H,6,13-14H2,1-3H3,(H,32,33)/t17-/m1/s1. The average Bonchev–Trinajstić information content (AvgIpc) is 3.17. The second kappa shape index (κ2) is 10.5. The van der Waals surface area contributed by atoms with Gasteiger partial charge in [0.15, 0.2) is 0 Å². The van der Waals surface area contributed by atoms with Gasteiger partial charge in [-0.3, -0.25) is 4.79 Å². The normalized spacial score (nSPS) is 15.9. The molecule has 1 N–H and O–H groups in total. The number of aliphatic imine (C=N–C) groups is 1. The second-order valence-electron chi connectivity index (χ2n) is 9.66. The van der Waals surface area contributed by atoms with Crippen molar-refractivity contribution in [1.82, 2.24) is 0 Å². The molecule has 0 spiro atoms. The quantitative estimate of drug-likeness (QED) is 0.336. The van der Waals surface area contributed by atoms with Gasteiger partial charge in [0.05, 0.1) is 5.56 Å². The Morgan fingerprint density at radius 1 is 1.17 bits per heavy atom. The first-order chi connectivity index (χ1) is 16.6. The lowest BCUT2D eigenvalue weighted by molar-refractivity contribution is -0.0498. The molecule has 2 aromatic carbocycles. The summed E-state index contributed by atoms with van der Waals surface area (Å²) in [6, 6.07) is 13.2. The zero-order valence-corrected chi connectivity index (χ0v) is 21.4. The number of hydrogen-bond donors (Lipinski definition) is 1. The number of carbonyl (C=O) groups excluding carboxylic acids is 1. The first kappa shape index (κ1) is 25.3. The Morgan fingerprint density at radius 2 is 1.86 bits per heavy atom. The molecule has 1 aromatic heterocycles. The molecule has 1 aliphatic carbocycles. The highest BCUT2D eigenvalue weighted by atomic mass is 35.5. The summed E-state index contributed by atoms with van der Waals surface area (Å²) in [4.78, 5) is 19.2. The van der Waals surface area contributed by atoms with Crippen molar-refractivity contribution in [2.45, 2.75) is 46.6 Å². The Hall–Kier alpha value is -2.77. The van der Waals surface area contributed by atoms with Crippen LogP contribution in [0, 0.1) is 11.3 Å². The molecule has 0 radical (unpaired) electrons. The van der Waals surface area contributed by atoms with E-state index in [1.807, 2.05) is 0 Å². The number of fused-ring (bicyclic) bond motifs is 1. The van der Waals surface area contributed by atoms with Gasteiger partial charge < -0.3 is 10.1 Å². The van der Waals surface area contributed by atoms with Crippen molar-refractivity contribution < 1.29 is 18.3 Å². The Bertz CT molecular complexity index is 1220. The van der Waals surface area contributed by atoms with Crippen molar-refractivity contribution in [3.63, 3.8) is 0 Å². The number of ether oxygens (including phenoxy) is 1. The molecule has 0 unspecified atom stereocenters. The predicted octanol–water partition coefficient (Wildman–Crippen LogP) is 8.16. The Morgan fingerprint density at radius 3 is 2.49 bits per heavy atom. The highest BCUT2D eigenvalue weighted by Gasteiger charge is 2.33. The van der Waals surface area contributed by atoms with E-state index in [0.29, 0.717) is 27.2 Å². The molecule has 8 heteroatoms. The van der Waals surface area contributed by atoms with E-state index in [-0.39, 0.29) is 17.1 Å². The second-order valence-corrected chi connectivity index (χ2v) is 11.2. The molecule has 0 fully saturated rings. The summed E-state index contributed by atoms with van der Waals surface area (Å²) in [7, 11) is 0. The zero-order chi connectivity index (χ0) is 25.2. The van der Waals surface area contributed by atoms with Crippen LogP contribution >= 0.6 is 22.9 Å². The third-order valence-electron chi connectivity index (χ3n) is 6.24. The fourth-order valence-corrected chi connectivity index (χ4v) is 5.63. The monoisotopic (exact) mass is 516 g/mol. The minimum atomic E-state index is -2.87. The van der Waals surface area contributed by atoms with Crippen LogP contribution in [0.2, 0.25) is 5.02 Å². The highest BCUT2D eigenvalue weighted by molar-refractivity contribution is 7.16. The molecule has 4 rings (SSSR count). The van der Waals surface area contributed by atoms with Crippen LogP contribution in [0.25, 0.3) is 0 Å². The summed E-state index contributed by atoms with van der Waals surface area (Å²) in [5.41, 5.74) is 3.22. The first-order valence-electron chi connectivity index (χ1n) is 11.4. The van der Waals surface area contributed by atoms with E-state index >= 15 is 0 Å². The maximum atomic E-state index is 13.4. The van der Waals surface area contributed by atoms with Crippen LogP contribution in [-0.2, 0) is 12.8 Å². The lowest BCUT2D eigenvalue weighted by atomic mass is 9.72. The molecule has 0 aliphatic heterocycles. The van der Waals surface area contributed by atoms with E-state index in [9.17, 15) is 13.6 Å². The number of amides is 1. The van der Waals surface area contributed by atoms with E-state index in [0.717, 1.165) is 30.4 Å². The van der Waals surface area contributed by atoms with Crippen molar-refractivity contribution in [3.8, 4) is 5.75 Å². The molecule has 35 heavy (non-hydrogen) atoms. The van der Waals surface area contributed by atoms with Crippen LogP contribution < -0.4 is 10.1 Å².